The number of nitrogens with zero attached hydrogens (tertiary/aromatic N) is 1. The monoisotopic (exact) mass is 520 g/mol. The minimum absolute atomic E-state index is 0.00465. The molecule has 2 atom stereocenters. The van der Waals surface area contributed by atoms with Gasteiger partial charge in [-0.15, -0.1) is 0 Å². The van der Waals surface area contributed by atoms with Crippen molar-refractivity contribution in [1.82, 2.24) is 5.32 Å². The molecule has 0 radical (unpaired) electrons. The van der Waals surface area contributed by atoms with Gasteiger partial charge in [0.25, 0.3) is 10.0 Å². The summed E-state index contributed by atoms with van der Waals surface area (Å²) in [6.07, 6.45) is 3.35. The zero-order valence-corrected chi connectivity index (χ0v) is 22.5. The van der Waals surface area contributed by atoms with E-state index >= 15 is 0 Å². The van der Waals surface area contributed by atoms with Gasteiger partial charge in [0.1, 0.15) is 0 Å². The third-order valence-corrected chi connectivity index (χ3v) is 9.04. The first-order valence-electron chi connectivity index (χ1n) is 11.9. The molecular formula is C25H36N4O4S2. The van der Waals surface area contributed by atoms with Crippen LogP contribution in [-0.4, -0.2) is 44.4 Å². The molecule has 1 fully saturated rings. The highest BCUT2D eigenvalue weighted by molar-refractivity contribution is 7.93. The molecule has 0 aliphatic carbocycles. The Kier molecular flexibility index (Phi) is 8.48. The molecule has 0 aromatic heterocycles. The Labute approximate surface area is 209 Å². The van der Waals surface area contributed by atoms with Gasteiger partial charge in [-0.3, -0.25) is 9.10 Å². The normalized spacial score (nSPS) is 18.1. The molecule has 0 saturated carbocycles. The van der Waals surface area contributed by atoms with Crippen molar-refractivity contribution in [3.8, 4) is 0 Å². The van der Waals surface area contributed by atoms with Gasteiger partial charge in [-0.05, 0) is 60.6 Å². The average Bonchev–Trinajstić information content (AvgIpc) is 2.81. The summed E-state index contributed by atoms with van der Waals surface area (Å²) in [5, 5.41) is 6.07. The fourth-order valence-corrected chi connectivity index (χ4v) is 6.68. The van der Waals surface area contributed by atoms with E-state index in [2.05, 4.69) is 10.6 Å². The van der Waals surface area contributed by atoms with Crippen molar-refractivity contribution in [2.45, 2.75) is 49.8 Å². The van der Waals surface area contributed by atoms with Crippen LogP contribution in [0, 0.1) is 16.6 Å². The first kappa shape index (κ1) is 27.0. The molecular weight excluding hydrogens is 484 g/mol. The van der Waals surface area contributed by atoms with Crippen molar-refractivity contribution in [3.05, 3.63) is 48.0 Å². The van der Waals surface area contributed by atoms with Crippen molar-refractivity contribution in [2.75, 3.05) is 35.5 Å². The van der Waals surface area contributed by atoms with E-state index in [0.29, 0.717) is 37.4 Å². The van der Waals surface area contributed by atoms with Crippen LogP contribution in [0.15, 0.2) is 52.3 Å². The van der Waals surface area contributed by atoms with Gasteiger partial charge in [0.2, 0.25) is 5.91 Å². The zero-order chi connectivity index (χ0) is 25.8. The number of rotatable bonds is 10. The van der Waals surface area contributed by atoms with Crippen molar-refractivity contribution < 1.29 is 17.4 Å². The molecule has 1 saturated heterocycles. The third kappa shape index (κ3) is 6.76. The van der Waals surface area contributed by atoms with Gasteiger partial charge in [0.05, 0.1) is 30.9 Å². The molecule has 3 N–H and O–H groups in total. The quantitative estimate of drug-likeness (QED) is 0.436. The number of piperidine rings is 1. The van der Waals surface area contributed by atoms with E-state index in [1.54, 1.807) is 6.07 Å². The Morgan fingerprint density at radius 3 is 2.37 bits per heavy atom. The lowest BCUT2D eigenvalue weighted by atomic mass is 9.99. The van der Waals surface area contributed by atoms with Gasteiger partial charge in [0.15, 0.2) is 0 Å². The lowest BCUT2D eigenvalue weighted by Crippen LogP contribution is -2.37. The summed E-state index contributed by atoms with van der Waals surface area (Å²) in [4.78, 5) is 11.6. The summed E-state index contributed by atoms with van der Waals surface area (Å²) in [6, 6.07) is 11.9. The number of anilines is 2. The lowest BCUT2D eigenvalue weighted by molar-refractivity contribution is -0.122. The summed E-state index contributed by atoms with van der Waals surface area (Å²) < 4.78 is 50.0. The second-order valence-corrected chi connectivity index (χ2v) is 13.5. The van der Waals surface area contributed by atoms with Crippen LogP contribution < -0.4 is 14.9 Å². The first-order chi connectivity index (χ1) is 16.4. The van der Waals surface area contributed by atoms with Crippen molar-refractivity contribution >= 4 is 37.0 Å². The molecule has 1 amide bonds. The van der Waals surface area contributed by atoms with Crippen LogP contribution in [0.25, 0.3) is 0 Å². The number of hydrogen-bond donors (Lipinski definition) is 3. The predicted octanol–water partition coefficient (Wildman–Crippen LogP) is 4.07. The topological polar surface area (TPSA) is 119 Å². The molecule has 1 heterocycles. The second-order valence-electron chi connectivity index (χ2n) is 9.54. The average molecular weight is 521 g/mol. The molecule has 0 bridgehead atoms. The van der Waals surface area contributed by atoms with Crippen LogP contribution in [0.1, 0.15) is 39.2 Å². The van der Waals surface area contributed by atoms with Gasteiger partial charge < -0.3 is 10.6 Å². The minimum Gasteiger partial charge on any atom is -0.384 e. The molecule has 1 aliphatic rings. The summed E-state index contributed by atoms with van der Waals surface area (Å²) in [5.74, 6) is 0.323. The Bertz CT molecular complexity index is 1250. The fraction of sp³-hybridized carbons (Fsp3) is 0.480. The van der Waals surface area contributed by atoms with Crippen LogP contribution >= 0.6 is 0 Å². The van der Waals surface area contributed by atoms with Crippen molar-refractivity contribution in [2.24, 2.45) is 11.8 Å². The van der Waals surface area contributed by atoms with Gasteiger partial charge in [0, 0.05) is 32.3 Å². The summed E-state index contributed by atoms with van der Waals surface area (Å²) in [5.41, 5.74) is 2.17. The van der Waals surface area contributed by atoms with Crippen LogP contribution in [0.4, 0.5) is 11.4 Å². The molecule has 2 aromatic rings. The predicted molar refractivity (Wildman–Crippen MR) is 141 cm³/mol. The molecule has 1 aliphatic heterocycles. The van der Waals surface area contributed by atoms with E-state index in [1.165, 1.54) is 22.7 Å². The molecule has 192 valence electrons. The van der Waals surface area contributed by atoms with E-state index < -0.39 is 19.8 Å². The van der Waals surface area contributed by atoms with E-state index in [-0.39, 0.29) is 27.5 Å². The number of carbonyl (C=O) groups is 1. The van der Waals surface area contributed by atoms with Gasteiger partial charge in [-0.2, -0.15) is 0 Å². The Balaban J connectivity index is 1.95. The van der Waals surface area contributed by atoms with Crippen LogP contribution in [0.5, 0.6) is 0 Å². The van der Waals surface area contributed by atoms with Gasteiger partial charge in [-0.1, -0.05) is 32.9 Å². The van der Waals surface area contributed by atoms with E-state index in [0.717, 1.165) is 18.4 Å². The minimum atomic E-state index is -3.96. The lowest BCUT2D eigenvalue weighted by Gasteiger charge is -2.27. The van der Waals surface area contributed by atoms with Crippen molar-refractivity contribution in [1.29, 1.82) is 4.78 Å². The highest BCUT2D eigenvalue weighted by Crippen LogP contribution is 2.30. The molecule has 0 spiro atoms. The number of hydrogen-bond acceptors (Lipinski definition) is 6. The second kappa shape index (κ2) is 11.0. The smallest absolute Gasteiger partial charge is 0.264 e. The standard InChI is InChI=1S/C25H36N4O4S2/c1-5-19-6-9-21(10-7-19)29(17-18(2)3)35(32,33)22-11-12-23(24(14-22)34(4,26)31)27-15-20-8-13-25(30)28-16-20/h6-7,9-12,14,18,20,26-27H,5,8,13,15-17H2,1-4H3,(H,28,30). The summed E-state index contributed by atoms with van der Waals surface area (Å²) in [7, 11) is -7.18. The molecule has 3 rings (SSSR count). The molecule has 8 nitrogen and oxygen atoms in total. The van der Waals surface area contributed by atoms with Crippen LogP contribution in [0.2, 0.25) is 0 Å². The third-order valence-electron chi connectivity index (χ3n) is 6.07. The number of aryl methyl sites for hydroxylation is 1. The highest BCUT2D eigenvalue weighted by atomic mass is 32.2. The summed E-state index contributed by atoms with van der Waals surface area (Å²) >= 11 is 0. The Morgan fingerprint density at radius 2 is 1.83 bits per heavy atom. The van der Waals surface area contributed by atoms with Crippen molar-refractivity contribution in [3.63, 3.8) is 0 Å². The number of nitrogens with one attached hydrogen (secondary N) is 3. The van der Waals surface area contributed by atoms with Crippen LogP contribution in [-0.2, 0) is 31.0 Å². The first-order valence-corrected chi connectivity index (χ1v) is 15.3. The molecule has 10 heteroatoms. The maximum Gasteiger partial charge on any atom is 0.264 e. The van der Waals surface area contributed by atoms with Crippen LogP contribution in [0.3, 0.4) is 0 Å². The summed E-state index contributed by atoms with van der Waals surface area (Å²) in [6.45, 7) is 7.33. The maximum atomic E-state index is 13.8. The number of amides is 1. The number of benzene rings is 2. The number of sulfonamides is 1. The number of carbonyl (C=O) groups excluding carboxylic acids is 1. The Morgan fingerprint density at radius 1 is 1.14 bits per heavy atom. The maximum absolute atomic E-state index is 13.8. The van der Waals surface area contributed by atoms with E-state index in [9.17, 15) is 17.4 Å². The van der Waals surface area contributed by atoms with Gasteiger partial charge >= 0.3 is 0 Å². The SMILES string of the molecule is CCc1ccc(N(CC(C)C)S(=O)(=O)c2ccc(NCC3CCC(=O)NC3)c(S(C)(=N)=O)c2)cc1. The van der Waals surface area contributed by atoms with E-state index in [1.807, 2.05) is 45.0 Å². The zero-order valence-electron chi connectivity index (χ0n) is 20.8. The molecule has 2 unspecified atom stereocenters. The highest BCUT2D eigenvalue weighted by Gasteiger charge is 2.28. The molecule has 2 aromatic carbocycles. The Hall–Kier alpha value is -2.59. The van der Waals surface area contributed by atoms with Gasteiger partial charge in [-0.25, -0.2) is 17.4 Å². The van der Waals surface area contributed by atoms with E-state index in [4.69, 9.17) is 4.78 Å². The molecule has 35 heavy (non-hydrogen) atoms. The fourth-order valence-electron chi connectivity index (χ4n) is 4.04. The largest absolute Gasteiger partial charge is 0.384 e.